The van der Waals surface area contributed by atoms with E-state index in [0.717, 1.165) is 50.0 Å². The third-order valence-corrected chi connectivity index (χ3v) is 5.46. The summed E-state index contributed by atoms with van der Waals surface area (Å²) in [5.41, 5.74) is 2.59. The largest absolute Gasteiger partial charge is 0.493 e. The summed E-state index contributed by atoms with van der Waals surface area (Å²) in [5, 5.41) is 4.46. The lowest BCUT2D eigenvalue weighted by Crippen LogP contribution is -2.46. The van der Waals surface area contributed by atoms with Crippen LogP contribution in [0.1, 0.15) is 11.3 Å². The number of rotatable bonds is 6. The Morgan fingerprint density at radius 2 is 1.84 bits per heavy atom. The van der Waals surface area contributed by atoms with Gasteiger partial charge in [-0.15, -0.1) is 0 Å². The zero-order valence-electron chi connectivity index (χ0n) is 17.6. The summed E-state index contributed by atoms with van der Waals surface area (Å²) < 4.78 is 34.1. The molecule has 2 aromatic heterocycles. The molecule has 0 atom stereocenters. The second kappa shape index (κ2) is 9.26. The number of halogens is 2. The van der Waals surface area contributed by atoms with Gasteiger partial charge in [-0.1, -0.05) is 12.2 Å². The van der Waals surface area contributed by atoms with Crippen LogP contribution in [0.2, 0.25) is 0 Å². The van der Waals surface area contributed by atoms with Gasteiger partial charge in [0.25, 0.3) is 0 Å². The zero-order valence-corrected chi connectivity index (χ0v) is 17.6. The first-order valence-electron chi connectivity index (χ1n) is 10.2. The smallest absolute Gasteiger partial charge is 0.196 e. The fourth-order valence-electron chi connectivity index (χ4n) is 3.74. The van der Waals surface area contributed by atoms with Crippen LogP contribution in [0.25, 0.3) is 11.9 Å². The first-order valence-corrected chi connectivity index (χ1v) is 10.2. The van der Waals surface area contributed by atoms with Crippen molar-refractivity contribution in [2.75, 3.05) is 44.7 Å². The number of pyridine rings is 1. The van der Waals surface area contributed by atoms with Gasteiger partial charge in [-0.3, -0.25) is 4.90 Å². The van der Waals surface area contributed by atoms with E-state index in [2.05, 4.69) is 27.1 Å². The van der Waals surface area contributed by atoms with Crippen molar-refractivity contribution >= 4 is 11.8 Å². The van der Waals surface area contributed by atoms with E-state index in [4.69, 9.17) is 4.74 Å². The van der Waals surface area contributed by atoms with Gasteiger partial charge in [-0.2, -0.15) is 5.10 Å². The van der Waals surface area contributed by atoms with Gasteiger partial charge in [-0.25, -0.2) is 18.4 Å². The van der Waals surface area contributed by atoms with Crippen LogP contribution in [-0.2, 0) is 0 Å². The van der Waals surface area contributed by atoms with E-state index < -0.39 is 11.6 Å². The van der Waals surface area contributed by atoms with Crippen LogP contribution in [-0.4, -0.2) is 59.5 Å². The van der Waals surface area contributed by atoms with E-state index in [1.54, 1.807) is 18.0 Å². The lowest BCUT2D eigenvalue weighted by atomic mass is 10.2. The molecule has 3 heterocycles. The summed E-state index contributed by atoms with van der Waals surface area (Å²) in [7, 11) is 1.62. The molecule has 1 aliphatic heterocycles. The normalized spacial score (nSPS) is 15.0. The highest BCUT2D eigenvalue weighted by molar-refractivity contribution is 5.53. The summed E-state index contributed by atoms with van der Waals surface area (Å²) in [6, 6.07) is 7.35. The number of hydrogen-bond acceptors (Lipinski definition) is 5. The molecular formula is C23H25F2N5O. The van der Waals surface area contributed by atoms with E-state index in [-0.39, 0.29) is 0 Å². The summed E-state index contributed by atoms with van der Waals surface area (Å²) in [6.07, 6.45) is 7.70. The monoisotopic (exact) mass is 425 g/mol. The van der Waals surface area contributed by atoms with Crippen LogP contribution in [0.5, 0.6) is 5.75 Å². The Morgan fingerprint density at radius 3 is 2.55 bits per heavy atom. The minimum absolute atomic E-state index is 0.542. The molecule has 0 spiro atoms. The number of benzene rings is 1. The summed E-state index contributed by atoms with van der Waals surface area (Å²) >= 11 is 0. The lowest BCUT2D eigenvalue weighted by molar-refractivity contribution is 0.284. The van der Waals surface area contributed by atoms with E-state index in [1.807, 2.05) is 30.2 Å². The fraction of sp³-hybridized carbons (Fsp3) is 0.304. The van der Waals surface area contributed by atoms with Crippen molar-refractivity contribution in [1.82, 2.24) is 19.7 Å². The number of nitrogens with zero attached hydrogens (tertiary/aromatic N) is 5. The van der Waals surface area contributed by atoms with Crippen LogP contribution < -0.4 is 9.64 Å². The molecule has 1 fully saturated rings. The molecule has 0 aliphatic carbocycles. The van der Waals surface area contributed by atoms with Crippen LogP contribution >= 0.6 is 0 Å². The standard InChI is InChI=1S/C23H25F2N5O/c1-17-18(16-27-30(17)23-22(31-2)6-3-7-26-23)5-4-8-28-9-11-29(12-10-28)21-14-19(24)13-20(25)15-21/h3-7,13-16H,8-12H2,1-2H3. The van der Waals surface area contributed by atoms with Gasteiger partial charge in [0.15, 0.2) is 11.6 Å². The number of hydrogen-bond donors (Lipinski definition) is 0. The van der Waals surface area contributed by atoms with Crippen LogP contribution in [0.3, 0.4) is 0 Å². The molecule has 1 aromatic carbocycles. The molecule has 6 nitrogen and oxygen atoms in total. The molecule has 0 amide bonds. The van der Waals surface area contributed by atoms with Crippen molar-refractivity contribution in [1.29, 1.82) is 0 Å². The van der Waals surface area contributed by atoms with Crippen molar-refractivity contribution in [3.63, 3.8) is 0 Å². The molecule has 0 saturated carbocycles. The summed E-state index contributed by atoms with van der Waals surface area (Å²) in [4.78, 5) is 8.71. The Balaban J connectivity index is 1.35. The number of aromatic nitrogens is 3. The summed E-state index contributed by atoms with van der Waals surface area (Å²) in [5.74, 6) is 0.242. The second-order valence-corrected chi connectivity index (χ2v) is 7.44. The van der Waals surface area contributed by atoms with Crippen molar-refractivity contribution in [2.45, 2.75) is 6.92 Å². The lowest BCUT2D eigenvalue weighted by Gasteiger charge is -2.35. The van der Waals surface area contributed by atoms with Crippen molar-refractivity contribution < 1.29 is 13.5 Å². The molecular weight excluding hydrogens is 400 g/mol. The maximum absolute atomic E-state index is 13.5. The number of ether oxygens (including phenoxy) is 1. The van der Waals surface area contributed by atoms with Crippen LogP contribution in [0.15, 0.2) is 48.8 Å². The molecule has 0 N–H and O–H groups in total. The SMILES string of the molecule is COc1cccnc1-n1ncc(C=CCN2CCN(c3cc(F)cc(F)c3)CC2)c1C. The first-order chi connectivity index (χ1) is 15.0. The molecule has 1 aliphatic rings. The summed E-state index contributed by atoms with van der Waals surface area (Å²) in [6.45, 7) is 5.90. The molecule has 1 saturated heterocycles. The average molecular weight is 425 g/mol. The van der Waals surface area contributed by atoms with E-state index in [1.165, 1.54) is 12.1 Å². The Bertz CT molecular complexity index is 1050. The molecule has 162 valence electrons. The highest BCUT2D eigenvalue weighted by Gasteiger charge is 2.17. The quantitative estimate of drug-likeness (QED) is 0.603. The number of anilines is 1. The zero-order chi connectivity index (χ0) is 21.8. The highest BCUT2D eigenvalue weighted by Crippen LogP contribution is 2.22. The van der Waals surface area contributed by atoms with Crippen molar-refractivity contribution in [2.24, 2.45) is 0 Å². The molecule has 0 radical (unpaired) electrons. The minimum atomic E-state index is -0.542. The fourth-order valence-corrected chi connectivity index (χ4v) is 3.74. The third-order valence-electron chi connectivity index (χ3n) is 5.46. The van der Waals surface area contributed by atoms with Gasteiger partial charge < -0.3 is 9.64 Å². The Morgan fingerprint density at radius 1 is 1.10 bits per heavy atom. The Hall–Kier alpha value is -3.26. The van der Waals surface area contributed by atoms with Crippen LogP contribution in [0, 0.1) is 18.6 Å². The van der Waals surface area contributed by atoms with Gasteiger partial charge in [0.1, 0.15) is 11.6 Å². The van der Waals surface area contributed by atoms with Gasteiger partial charge in [0.2, 0.25) is 0 Å². The van der Waals surface area contributed by atoms with E-state index in [9.17, 15) is 8.78 Å². The molecule has 31 heavy (non-hydrogen) atoms. The Labute approximate surface area is 180 Å². The molecule has 8 heteroatoms. The third kappa shape index (κ3) is 4.74. The van der Waals surface area contributed by atoms with Gasteiger partial charge in [-0.05, 0) is 31.2 Å². The van der Waals surface area contributed by atoms with E-state index >= 15 is 0 Å². The number of piperazine rings is 1. The predicted octanol–water partition coefficient (Wildman–Crippen LogP) is 3.70. The molecule has 0 unspecified atom stereocenters. The molecule has 4 rings (SSSR count). The number of methoxy groups -OCH3 is 1. The topological polar surface area (TPSA) is 46.4 Å². The Kier molecular flexibility index (Phi) is 6.27. The average Bonchev–Trinajstić information content (AvgIpc) is 3.13. The van der Waals surface area contributed by atoms with Gasteiger partial charge in [0.05, 0.1) is 19.0 Å². The van der Waals surface area contributed by atoms with E-state index in [0.29, 0.717) is 17.3 Å². The maximum Gasteiger partial charge on any atom is 0.196 e. The van der Waals surface area contributed by atoms with Gasteiger partial charge in [0, 0.05) is 56.2 Å². The van der Waals surface area contributed by atoms with Crippen LogP contribution in [0.4, 0.5) is 14.5 Å². The van der Waals surface area contributed by atoms with Crippen molar-refractivity contribution in [3.05, 3.63) is 71.7 Å². The first kappa shape index (κ1) is 21.0. The predicted molar refractivity (Wildman–Crippen MR) is 117 cm³/mol. The molecule has 3 aromatic rings. The molecule has 0 bridgehead atoms. The maximum atomic E-state index is 13.5. The van der Waals surface area contributed by atoms with Crippen molar-refractivity contribution in [3.8, 4) is 11.6 Å². The van der Waals surface area contributed by atoms with Gasteiger partial charge >= 0.3 is 0 Å². The minimum Gasteiger partial charge on any atom is -0.493 e. The highest BCUT2D eigenvalue weighted by atomic mass is 19.1. The second-order valence-electron chi connectivity index (χ2n) is 7.44.